The van der Waals surface area contributed by atoms with Gasteiger partial charge in [-0.25, -0.2) is 9.78 Å². The highest BCUT2D eigenvalue weighted by atomic mass is 35.5. The van der Waals surface area contributed by atoms with Crippen molar-refractivity contribution in [3.05, 3.63) is 69.4 Å². The van der Waals surface area contributed by atoms with Gasteiger partial charge >= 0.3 is 5.97 Å². The molecular formula is C16H12ClN3O5. The number of nitro benzene ring substituents is 1. The number of ether oxygens (including phenoxy) is 1. The Kier molecular flexibility index (Phi) is 6.19. The number of benzene rings is 1. The molecule has 1 aromatic heterocycles. The van der Waals surface area contributed by atoms with Gasteiger partial charge in [-0.05, 0) is 23.8 Å². The maximum atomic E-state index is 11.6. The first kappa shape index (κ1) is 18.1. The van der Waals surface area contributed by atoms with Crippen LogP contribution >= 0.6 is 11.6 Å². The molecule has 1 aromatic carbocycles. The Bertz CT molecular complexity index is 821. The monoisotopic (exact) mass is 361 g/mol. The minimum atomic E-state index is -0.759. The quantitative estimate of drug-likeness (QED) is 0.366. The molecule has 9 heteroatoms. The number of pyridine rings is 1. The predicted molar refractivity (Wildman–Crippen MR) is 91.0 cm³/mol. The molecule has 1 amide bonds. The van der Waals surface area contributed by atoms with E-state index in [0.717, 1.165) is 6.08 Å². The van der Waals surface area contributed by atoms with Crippen LogP contribution in [0.4, 0.5) is 11.5 Å². The first-order valence-corrected chi connectivity index (χ1v) is 7.32. The van der Waals surface area contributed by atoms with E-state index in [4.69, 9.17) is 16.3 Å². The standard InChI is InChI=1S/C16H12ClN3O5/c17-12-5-6-14(18-9-12)19-15(21)10-25-16(22)7-4-11-2-1-3-13(8-11)20(23)24/h1-9H,10H2,(H,18,19,21)/b7-4+. The molecule has 1 heterocycles. The number of carbonyl (C=O) groups excluding carboxylic acids is 2. The van der Waals surface area contributed by atoms with E-state index in [1.807, 2.05) is 0 Å². The van der Waals surface area contributed by atoms with Crippen LogP contribution in [0, 0.1) is 10.1 Å². The van der Waals surface area contributed by atoms with Gasteiger partial charge in [-0.3, -0.25) is 14.9 Å². The third kappa shape index (κ3) is 6.04. The fourth-order valence-corrected chi connectivity index (χ4v) is 1.83. The number of halogens is 1. The molecule has 0 aliphatic carbocycles. The summed E-state index contributed by atoms with van der Waals surface area (Å²) in [5, 5.41) is 13.5. The number of non-ortho nitro benzene ring substituents is 1. The summed E-state index contributed by atoms with van der Waals surface area (Å²) in [6, 6.07) is 8.79. The molecule has 0 radical (unpaired) electrons. The van der Waals surface area contributed by atoms with Gasteiger partial charge < -0.3 is 10.1 Å². The molecule has 25 heavy (non-hydrogen) atoms. The van der Waals surface area contributed by atoms with Crippen molar-refractivity contribution in [2.45, 2.75) is 0 Å². The molecule has 0 bridgehead atoms. The number of anilines is 1. The van der Waals surface area contributed by atoms with Crippen molar-refractivity contribution in [1.29, 1.82) is 0 Å². The normalized spacial score (nSPS) is 10.4. The molecule has 0 atom stereocenters. The maximum Gasteiger partial charge on any atom is 0.331 e. The third-order valence-corrected chi connectivity index (χ3v) is 3.06. The van der Waals surface area contributed by atoms with Crippen molar-refractivity contribution >= 4 is 41.1 Å². The van der Waals surface area contributed by atoms with E-state index in [1.165, 1.54) is 36.5 Å². The number of hydrogen-bond acceptors (Lipinski definition) is 6. The van der Waals surface area contributed by atoms with Crippen LogP contribution in [0.5, 0.6) is 0 Å². The van der Waals surface area contributed by atoms with Crippen molar-refractivity contribution in [3.8, 4) is 0 Å². The smallest absolute Gasteiger partial charge is 0.331 e. The second kappa shape index (κ2) is 8.55. The van der Waals surface area contributed by atoms with Crippen molar-refractivity contribution in [3.63, 3.8) is 0 Å². The van der Waals surface area contributed by atoms with Crippen LogP contribution in [-0.4, -0.2) is 28.4 Å². The summed E-state index contributed by atoms with van der Waals surface area (Å²) in [5.41, 5.74) is 0.367. The van der Waals surface area contributed by atoms with Crippen LogP contribution in [0.15, 0.2) is 48.7 Å². The van der Waals surface area contributed by atoms with E-state index < -0.39 is 23.4 Å². The molecule has 8 nitrogen and oxygen atoms in total. The molecule has 0 aliphatic rings. The average Bonchev–Trinajstić information content (AvgIpc) is 2.60. The highest BCUT2D eigenvalue weighted by Gasteiger charge is 2.07. The highest BCUT2D eigenvalue weighted by molar-refractivity contribution is 6.30. The van der Waals surface area contributed by atoms with E-state index in [0.29, 0.717) is 10.6 Å². The summed E-state index contributed by atoms with van der Waals surface area (Å²) < 4.78 is 4.77. The zero-order valence-corrected chi connectivity index (χ0v) is 13.5. The fraction of sp³-hybridized carbons (Fsp3) is 0.0625. The lowest BCUT2D eigenvalue weighted by Crippen LogP contribution is -2.20. The van der Waals surface area contributed by atoms with Gasteiger partial charge in [-0.1, -0.05) is 23.7 Å². The Morgan fingerprint density at radius 3 is 2.80 bits per heavy atom. The lowest BCUT2D eigenvalue weighted by Gasteiger charge is -2.04. The van der Waals surface area contributed by atoms with Crippen LogP contribution in [-0.2, 0) is 14.3 Å². The summed E-state index contributed by atoms with van der Waals surface area (Å²) in [6.07, 6.45) is 3.80. The van der Waals surface area contributed by atoms with Crippen molar-refractivity contribution < 1.29 is 19.2 Å². The van der Waals surface area contributed by atoms with Crippen LogP contribution in [0.25, 0.3) is 6.08 Å². The van der Waals surface area contributed by atoms with Gasteiger partial charge in [-0.2, -0.15) is 0 Å². The number of nitrogens with zero attached hydrogens (tertiary/aromatic N) is 2. The Morgan fingerprint density at radius 1 is 1.32 bits per heavy atom. The van der Waals surface area contributed by atoms with E-state index in [2.05, 4.69) is 10.3 Å². The maximum absolute atomic E-state index is 11.6. The number of amides is 1. The lowest BCUT2D eigenvalue weighted by molar-refractivity contribution is -0.384. The van der Waals surface area contributed by atoms with Gasteiger partial charge in [0.1, 0.15) is 5.82 Å². The molecular weight excluding hydrogens is 350 g/mol. The van der Waals surface area contributed by atoms with E-state index in [1.54, 1.807) is 12.1 Å². The van der Waals surface area contributed by atoms with Gasteiger partial charge in [0.15, 0.2) is 6.61 Å². The van der Waals surface area contributed by atoms with Crippen LogP contribution in [0.2, 0.25) is 5.02 Å². The zero-order valence-electron chi connectivity index (χ0n) is 12.7. The summed E-state index contributed by atoms with van der Waals surface area (Å²) in [4.78, 5) is 37.2. The Labute approximate surface area is 147 Å². The first-order chi connectivity index (χ1) is 11.9. The Morgan fingerprint density at radius 2 is 2.12 bits per heavy atom. The molecule has 2 rings (SSSR count). The molecule has 0 saturated carbocycles. The van der Waals surface area contributed by atoms with Gasteiger partial charge in [-0.15, -0.1) is 0 Å². The van der Waals surface area contributed by atoms with Gasteiger partial charge in [0.2, 0.25) is 0 Å². The summed E-state index contributed by atoms with van der Waals surface area (Å²) in [7, 11) is 0. The summed E-state index contributed by atoms with van der Waals surface area (Å²) in [6.45, 7) is -0.498. The van der Waals surface area contributed by atoms with E-state index in [9.17, 15) is 19.7 Å². The van der Waals surface area contributed by atoms with Crippen LogP contribution in [0.1, 0.15) is 5.56 Å². The number of nitro groups is 1. The number of nitrogens with one attached hydrogen (secondary N) is 1. The largest absolute Gasteiger partial charge is 0.452 e. The average molecular weight is 362 g/mol. The van der Waals surface area contributed by atoms with Crippen LogP contribution < -0.4 is 5.32 Å². The van der Waals surface area contributed by atoms with Crippen molar-refractivity contribution in [2.24, 2.45) is 0 Å². The number of rotatable bonds is 6. The predicted octanol–water partition coefficient (Wildman–Crippen LogP) is 2.84. The molecule has 0 fully saturated rings. The lowest BCUT2D eigenvalue weighted by atomic mass is 10.2. The second-order valence-corrected chi connectivity index (χ2v) is 5.14. The minimum absolute atomic E-state index is 0.0923. The topological polar surface area (TPSA) is 111 Å². The molecule has 0 spiro atoms. The molecule has 0 saturated heterocycles. The molecule has 2 aromatic rings. The highest BCUT2D eigenvalue weighted by Crippen LogP contribution is 2.14. The van der Waals surface area contributed by atoms with Crippen molar-refractivity contribution in [2.75, 3.05) is 11.9 Å². The van der Waals surface area contributed by atoms with E-state index >= 15 is 0 Å². The molecule has 0 aliphatic heterocycles. The molecule has 0 unspecified atom stereocenters. The number of aromatic nitrogens is 1. The van der Waals surface area contributed by atoms with Crippen molar-refractivity contribution in [1.82, 2.24) is 4.98 Å². The van der Waals surface area contributed by atoms with Gasteiger partial charge in [0.25, 0.3) is 11.6 Å². The SMILES string of the molecule is O=C(COC(=O)/C=C/c1cccc([N+](=O)[O-])c1)Nc1ccc(Cl)cn1. The molecule has 128 valence electrons. The molecule has 1 N–H and O–H groups in total. The zero-order chi connectivity index (χ0) is 18.2. The summed E-state index contributed by atoms with van der Waals surface area (Å²) >= 11 is 5.67. The fourth-order valence-electron chi connectivity index (χ4n) is 1.72. The van der Waals surface area contributed by atoms with Gasteiger partial charge in [0.05, 0.1) is 9.95 Å². The number of esters is 1. The number of hydrogen-bond donors (Lipinski definition) is 1. The van der Waals surface area contributed by atoms with Gasteiger partial charge in [0, 0.05) is 24.4 Å². The Balaban J connectivity index is 1.83. The first-order valence-electron chi connectivity index (χ1n) is 6.95. The van der Waals surface area contributed by atoms with Crippen LogP contribution in [0.3, 0.4) is 0 Å². The third-order valence-electron chi connectivity index (χ3n) is 2.83. The summed E-state index contributed by atoms with van der Waals surface area (Å²) in [5.74, 6) is -1.05. The second-order valence-electron chi connectivity index (χ2n) is 4.70. The number of carbonyl (C=O) groups is 2. The Hall–Kier alpha value is -3.26. The van der Waals surface area contributed by atoms with E-state index in [-0.39, 0.29) is 11.5 Å². The minimum Gasteiger partial charge on any atom is -0.452 e.